The van der Waals surface area contributed by atoms with Crippen LogP contribution in [-0.4, -0.2) is 47.3 Å². The van der Waals surface area contributed by atoms with Crippen molar-refractivity contribution in [3.8, 4) is 6.07 Å². The maximum atomic E-state index is 11.8. The Balaban J connectivity index is 2.62. The molecule has 0 aliphatic carbocycles. The summed E-state index contributed by atoms with van der Waals surface area (Å²) in [7, 11) is 0. The van der Waals surface area contributed by atoms with Crippen LogP contribution in [0.1, 0.15) is 5.76 Å². The van der Waals surface area contributed by atoms with Crippen molar-refractivity contribution in [1.82, 2.24) is 10.2 Å². The summed E-state index contributed by atoms with van der Waals surface area (Å²) >= 11 is 0. The molecule has 0 radical (unpaired) electrons. The highest BCUT2D eigenvalue weighted by molar-refractivity contribution is 5.97. The number of aliphatic hydroxyl groups is 2. The largest absolute Gasteiger partial charge is 0.467 e. The van der Waals surface area contributed by atoms with Gasteiger partial charge in [-0.1, -0.05) is 0 Å². The van der Waals surface area contributed by atoms with Crippen LogP contribution in [0.15, 0.2) is 34.6 Å². The number of nitrogens with one attached hydrogen (secondary N) is 1. The van der Waals surface area contributed by atoms with Gasteiger partial charge in [-0.15, -0.1) is 0 Å². The van der Waals surface area contributed by atoms with Gasteiger partial charge >= 0.3 is 0 Å². The van der Waals surface area contributed by atoms with Crippen molar-refractivity contribution in [3.05, 3.63) is 35.9 Å². The van der Waals surface area contributed by atoms with Crippen LogP contribution in [0.25, 0.3) is 0 Å². The molecular weight excluding hydrogens is 262 g/mol. The van der Waals surface area contributed by atoms with Gasteiger partial charge in [-0.25, -0.2) is 0 Å². The molecule has 7 nitrogen and oxygen atoms in total. The summed E-state index contributed by atoms with van der Waals surface area (Å²) in [5.41, 5.74) is -0.0987. The number of carbonyl (C=O) groups is 1. The molecular formula is C13H17N3O4. The van der Waals surface area contributed by atoms with E-state index >= 15 is 0 Å². The average Bonchev–Trinajstić information content (AvgIpc) is 2.95. The van der Waals surface area contributed by atoms with Gasteiger partial charge in [0.2, 0.25) is 0 Å². The number of furan rings is 1. The summed E-state index contributed by atoms with van der Waals surface area (Å²) in [6.45, 7) is 0.381. The Morgan fingerprint density at radius 3 is 2.65 bits per heavy atom. The zero-order valence-corrected chi connectivity index (χ0v) is 11.0. The molecule has 0 spiro atoms. The van der Waals surface area contributed by atoms with Crippen molar-refractivity contribution < 1.29 is 19.4 Å². The van der Waals surface area contributed by atoms with E-state index in [0.717, 1.165) is 0 Å². The topological polar surface area (TPSA) is 110 Å². The minimum Gasteiger partial charge on any atom is -0.467 e. The summed E-state index contributed by atoms with van der Waals surface area (Å²) in [5.74, 6) is 0.0444. The first-order valence-electron chi connectivity index (χ1n) is 6.09. The molecule has 0 aromatic carbocycles. The molecule has 0 unspecified atom stereocenters. The van der Waals surface area contributed by atoms with Crippen LogP contribution in [0, 0.1) is 11.3 Å². The first-order valence-corrected chi connectivity index (χ1v) is 6.09. The van der Waals surface area contributed by atoms with E-state index < -0.39 is 5.91 Å². The molecule has 1 aromatic rings. The first-order chi connectivity index (χ1) is 9.71. The monoisotopic (exact) mass is 279 g/mol. The second-order valence-electron chi connectivity index (χ2n) is 3.90. The number of amides is 1. The molecule has 1 heterocycles. The first kappa shape index (κ1) is 15.8. The van der Waals surface area contributed by atoms with Crippen molar-refractivity contribution in [2.75, 3.05) is 26.3 Å². The molecule has 0 fully saturated rings. The van der Waals surface area contributed by atoms with Crippen molar-refractivity contribution in [2.24, 2.45) is 0 Å². The highest BCUT2D eigenvalue weighted by atomic mass is 16.3. The molecule has 108 valence electrons. The van der Waals surface area contributed by atoms with E-state index in [1.54, 1.807) is 18.2 Å². The minimum absolute atomic E-state index is 0.0987. The lowest BCUT2D eigenvalue weighted by Crippen LogP contribution is -2.29. The SMILES string of the molecule is N#C/C(=C/N(CCO)CCO)C(=O)NCc1ccco1. The molecule has 0 atom stereocenters. The van der Waals surface area contributed by atoms with Crippen molar-refractivity contribution >= 4 is 5.91 Å². The Bertz CT molecular complexity index is 470. The molecule has 0 saturated carbocycles. The maximum absolute atomic E-state index is 11.8. The molecule has 1 aromatic heterocycles. The van der Waals surface area contributed by atoms with E-state index in [1.165, 1.54) is 17.4 Å². The fourth-order valence-electron chi connectivity index (χ4n) is 1.49. The summed E-state index contributed by atoms with van der Waals surface area (Å²) < 4.78 is 5.06. The summed E-state index contributed by atoms with van der Waals surface area (Å²) in [4.78, 5) is 13.3. The quantitative estimate of drug-likeness (QED) is 0.441. The van der Waals surface area contributed by atoms with Crippen LogP contribution in [0.3, 0.4) is 0 Å². The Morgan fingerprint density at radius 2 is 2.15 bits per heavy atom. The molecule has 0 bridgehead atoms. The van der Waals surface area contributed by atoms with Crippen molar-refractivity contribution in [2.45, 2.75) is 6.54 Å². The van der Waals surface area contributed by atoms with Crippen molar-refractivity contribution in [3.63, 3.8) is 0 Å². The second kappa shape index (κ2) is 8.74. The average molecular weight is 279 g/mol. The number of aliphatic hydroxyl groups excluding tert-OH is 2. The third-order valence-corrected chi connectivity index (χ3v) is 2.45. The number of hydrogen-bond donors (Lipinski definition) is 3. The van der Waals surface area contributed by atoms with Gasteiger partial charge in [-0.05, 0) is 12.1 Å². The van der Waals surface area contributed by atoms with Crippen LogP contribution >= 0.6 is 0 Å². The predicted molar refractivity (Wildman–Crippen MR) is 70.0 cm³/mol. The zero-order chi connectivity index (χ0) is 14.8. The van der Waals surface area contributed by atoms with Gasteiger partial charge in [0.05, 0.1) is 26.0 Å². The second-order valence-corrected chi connectivity index (χ2v) is 3.90. The standard InChI is InChI=1S/C13H17N3O4/c14-8-11(10-16(3-5-17)4-6-18)13(19)15-9-12-2-1-7-20-12/h1-2,7,10,17-18H,3-6,9H2,(H,15,19)/b11-10-. The number of rotatable bonds is 8. The number of nitrogens with zero attached hydrogens (tertiary/aromatic N) is 2. The minimum atomic E-state index is -0.537. The molecule has 7 heteroatoms. The molecule has 20 heavy (non-hydrogen) atoms. The van der Waals surface area contributed by atoms with Gasteiger partial charge in [0.25, 0.3) is 5.91 Å². The molecule has 1 amide bonds. The lowest BCUT2D eigenvalue weighted by atomic mass is 10.2. The van der Waals surface area contributed by atoms with E-state index in [2.05, 4.69) is 5.32 Å². The highest BCUT2D eigenvalue weighted by Crippen LogP contribution is 2.02. The highest BCUT2D eigenvalue weighted by Gasteiger charge is 2.11. The van der Waals surface area contributed by atoms with Crippen LogP contribution in [0.5, 0.6) is 0 Å². The molecule has 0 saturated heterocycles. The zero-order valence-electron chi connectivity index (χ0n) is 11.0. The smallest absolute Gasteiger partial charge is 0.263 e. The Kier molecular flexibility index (Phi) is 6.89. The lowest BCUT2D eigenvalue weighted by Gasteiger charge is -2.18. The van der Waals surface area contributed by atoms with Gasteiger partial charge in [-0.2, -0.15) is 5.26 Å². The number of nitriles is 1. The Morgan fingerprint density at radius 1 is 1.45 bits per heavy atom. The lowest BCUT2D eigenvalue weighted by molar-refractivity contribution is -0.117. The summed E-state index contributed by atoms with van der Waals surface area (Å²) in [5, 5.41) is 29.3. The van der Waals surface area contributed by atoms with Crippen LogP contribution in [0.4, 0.5) is 0 Å². The normalized spacial score (nSPS) is 10.9. The maximum Gasteiger partial charge on any atom is 0.263 e. The molecule has 1 rings (SSSR count). The molecule has 0 aliphatic heterocycles. The van der Waals surface area contributed by atoms with Gasteiger partial charge in [0.1, 0.15) is 17.4 Å². The fourth-order valence-corrected chi connectivity index (χ4v) is 1.49. The number of hydrogen-bond acceptors (Lipinski definition) is 6. The Hall–Kier alpha value is -2.30. The van der Waals surface area contributed by atoms with E-state index in [-0.39, 0.29) is 38.4 Å². The summed E-state index contributed by atoms with van der Waals surface area (Å²) in [6.07, 6.45) is 2.82. The summed E-state index contributed by atoms with van der Waals surface area (Å²) in [6, 6.07) is 5.20. The third kappa shape index (κ3) is 5.14. The van der Waals surface area contributed by atoms with E-state index in [4.69, 9.17) is 19.9 Å². The van der Waals surface area contributed by atoms with Gasteiger partial charge in [0, 0.05) is 19.3 Å². The predicted octanol–water partition coefficient (Wildman–Crippen LogP) is -0.410. The molecule has 3 N–H and O–H groups in total. The van der Waals surface area contributed by atoms with Gasteiger partial charge in [0.15, 0.2) is 0 Å². The van der Waals surface area contributed by atoms with Gasteiger partial charge < -0.3 is 24.8 Å². The van der Waals surface area contributed by atoms with Crippen LogP contribution in [0.2, 0.25) is 0 Å². The van der Waals surface area contributed by atoms with Gasteiger partial charge in [-0.3, -0.25) is 4.79 Å². The van der Waals surface area contributed by atoms with Crippen molar-refractivity contribution in [1.29, 1.82) is 5.26 Å². The fraction of sp³-hybridized carbons (Fsp3) is 0.385. The van der Waals surface area contributed by atoms with E-state index in [1.807, 2.05) is 0 Å². The van der Waals surface area contributed by atoms with Crippen LogP contribution < -0.4 is 5.32 Å². The number of carbonyl (C=O) groups excluding carboxylic acids is 1. The molecule has 0 aliphatic rings. The van der Waals surface area contributed by atoms with E-state index in [9.17, 15) is 4.79 Å². The van der Waals surface area contributed by atoms with E-state index in [0.29, 0.717) is 5.76 Å². The van der Waals surface area contributed by atoms with Crippen LogP contribution in [-0.2, 0) is 11.3 Å². The third-order valence-electron chi connectivity index (χ3n) is 2.45. The Labute approximate surface area is 116 Å².